The highest BCUT2D eigenvalue weighted by Gasteiger charge is 2.25. The van der Waals surface area contributed by atoms with Crippen LogP contribution in [0.25, 0.3) is 89.7 Å². The predicted octanol–water partition coefficient (Wildman–Crippen LogP) is 5.20. The van der Waals surface area contributed by atoms with Gasteiger partial charge in [-0.3, -0.25) is 0 Å². The van der Waals surface area contributed by atoms with Gasteiger partial charge in [-0.2, -0.15) is 0 Å². The van der Waals surface area contributed by atoms with E-state index in [1.165, 1.54) is 0 Å². The van der Waals surface area contributed by atoms with Crippen molar-refractivity contribution in [2.75, 3.05) is 22.9 Å². The zero-order valence-corrected chi connectivity index (χ0v) is 22.9. The SMILES string of the molecule is Nc1cccc2c1-c1nc-2nc2[nH]c(nc3nc(nc4[nH]c(n1)c1cccc(N)c41)-c1cccc(N)c1-3)c1cccc(N)c21. The van der Waals surface area contributed by atoms with Gasteiger partial charge in [0.2, 0.25) is 0 Å². The summed E-state index contributed by atoms with van der Waals surface area (Å²) in [6, 6.07) is 22.4. The lowest BCUT2D eigenvalue weighted by atomic mass is 10.1. The number of nitrogens with one attached hydrogen (secondary N) is 2. The number of benzene rings is 4. The molecule has 0 aliphatic carbocycles. The number of aromatic nitrogens is 8. The number of nitrogens with zero attached hydrogens (tertiary/aromatic N) is 6. The molecule has 5 heterocycles. The van der Waals surface area contributed by atoms with Gasteiger partial charge in [-0.25, -0.2) is 29.9 Å². The van der Waals surface area contributed by atoms with Crippen molar-refractivity contribution in [1.29, 1.82) is 0 Å². The van der Waals surface area contributed by atoms with Gasteiger partial charge in [0, 0.05) is 44.6 Å². The van der Waals surface area contributed by atoms with E-state index < -0.39 is 0 Å². The third-order valence-electron chi connectivity index (χ3n) is 8.07. The van der Waals surface area contributed by atoms with E-state index in [0.29, 0.717) is 90.5 Å². The summed E-state index contributed by atoms with van der Waals surface area (Å²) in [6.07, 6.45) is 0. The average Bonchev–Trinajstić information content (AvgIpc) is 3.74. The van der Waals surface area contributed by atoms with Crippen LogP contribution in [-0.4, -0.2) is 39.9 Å². The zero-order valence-electron chi connectivity index (χ0n) is 22.9. The predicted molar refractivity (Wildman–Crippen MR) is 174 cm³/mol. The van der Waals surface area contributed by atoms with Crippen molar-refractivity contribution in [2.24, 2.45) is 0 Å². The molecule has 7 aromatic rings. The Hall–Kier alpha value is -6.56. The molecule has 0 unspecified atom stereocenters. The number of H-pyrrole nitrogens is 2. The monoisotopic (exact) mass is 574 g/mol. The molecular weight excluding hydrogens is 552 g/mol. The second kappa shape index (κ2) is 8.49. The van der Waals surface area contributed by atoms with Crippen molar-refractivity contribution in [1.82, 2.24) is 39.9 Å². The van der Waals surface area contributed by atoms with Gasteiger partial charge in [-0.1, -0.05) is 48.5 Å². The van der Waals surface area contributed by atoms with E-state index in [9.17, 15) is 0 Å². The Bertz CT molecular complexity index is 2380. The molecule has 0 spiro atoms. The Morgan fingerprint density at radius 2 is 0.773 bits per heavy atom. The first-order valence-electron chi connectivity index (χ1n) is 13.8. The quantitative estimate of drug-likeness (QED) is 0.130. The molecule has 0 saturated heterocycles. The van der Waals surface area contributed by atoms with Crippen molar-refractivity contribution >= 4 is 66.9 Å². The van der Waals surface area contributed by atoms with Crippen molar-refractivity contribution < 1.29 is 0 Å². The minimum absolute atomic E-state index is 0.404. The first kappa shape index (κ1) is 24.1. The Morgan fingerprint density at radius 3 is 1.23 bits per heavy atom. The van der Waals surface area contributed by atoms with E-state index in [1.54, 1.807) is 0 Å². The van der Waals surface area contributed by atoms with Gasteiger partial charge in [0.05, 0.1) is 21.9 Å². The Morgan fingerprint density at radius 1 is 0.386 bits per heavy atom. The fourth-order valence-corrected chi connectivity index (χ4v) is 6.09. The first-order chi connectivity index (χ1) is 21.4. The molecule has 0 saturated carbocycles. The van der Waals surface area contributed by atoms with Crippen LogP contribution in [0.3, 0.4) is 0 Å². The van der Waals surface area contributed by atoms with Gasteiger partial charge in [-0.05, 0) is 24.3 Å². The number of aromatic amines is 2. The summed E-state index contributed by atoms with van der Waals surface area (Å²) < 4.78 is 0. The number of hydrogen-bond donors (Lipinski definition) is 6. The molecule has 2 aliphatic rings. The number of anilines is 4. The largest absolute Gasteiger partial charge is 0.398 e. The molecule has 0 atom stereocenters. The Balaban J connectivity index is 1.54. The molecule has 0 amide bonds. The van der Waals surface area contributed by atoms with E-state index in [0.717, 1.165) is 21.9 Å². The van der Waals surface area contributed by atoms with Crippen molar-refractivity contribution in [3.63, 3.8) is 0 Å². The number of rotatable bonds is 0. The molecule has 2 aliphatic heterocycles. The van der Waals surface area contributed by atoms with Gasteiger partial charge in [-0.15, -0.1) is 0 Å². The fourth-order valence-electron chi connectivity index (χ4n) is 6.09. The van der Waals surface area contributed by atoms with E-state index in [2.05, 4.69) is 9.97 Å². The molecule has 8 bridgehead atoms. The van der Waals surface area contributed by atoms with Crippen LogP contribution < -0.4 is 22.9 Å². The summed E-state index contributed by atoms with van der Waals surface area (Å²) in [5.41, 5.74) is 33.0. The van der Waals surface area contributed by atoms with Gasteiger partial charge in [0.1, 0.15) is 22.6 Å². The zero-order chi connectivity index (χ0) is 29.7. The third-order valence-corrected chi connectivity index (χ3v) is 8.07. The van der Waals surface area contributed by atoms with E-state index in [4.69, 9.17) is 52.8 Å². The summed E-state index contributed by atoms with van der Waals surface area (Å²) in [5, 5.41) is 2.95. The van der Waals surface area contributed by atoms with Gasteiger partial charge in [0.15, 0.2) is 23.3 Å². The Labute approximate surface area is 247 Å². The van der Waals surface area contributed by atoms with Crippen LogP contribution >= 0.6 is 0 Å². The third kappa shape index (κ3) is 3.27. The molecule has 44 heavy (non-hydrogen) atoms. The number of hydrogen-bond acceptors (Lipinski definition) is 10. The van der Waals surface area contributed by atoms with Crippen molar-refractivity contribution in [2.45, 2.75) is 0 Å². The van der Waals surface area contributed by atoms with Crippen molar-refractivity contribution in [3.05, 3.63) is 72.8 Å². The lowest BCUT2D eigenvalue weighted by Gasteiger charge is -2.01. The van der Waals surface area contributed by atoms with Crippen molar-refractivity contribution in [3.8, 4) is 45.6 Å². The minimum atomic E-state index is 0.404. The van der Waals surface area contributed by atoms with E-state index >= 15 is 0 Å². The normalized spacial score (nSPS) is 12.0. The highest BCUT2D eigenvalue weighted by atomic mass is 15.1. The molecule has 10 N–H and O–H groups in total. The number of fused-ring (bicyclic) bond motifs is 20. The Kier molecular flexibility index (Phi) is 4.64. The van der Waals surface area contributed by atoms with E-state index in [1.807, 2.05) is 72.8 Å². The maximum atomic E-state index is 6.50. The first-order valence-corrected chi connectivity index (χ1v) is 13.8. The summed E-state index contributed by atoms with van der Waals surface area (Å²) in [7, 11) is 0. The summed E-state index contributed by atoms with van der Waals surface area (Å²) in [5.74, 6) is 1.67. The minimum Gasteiger partial charge on any atom is -0.398 e. The molecule has 4 aromatic carbocycles. The highest BCUT2D eigenvalue weighted by molar-refractivity contribution is 6.12. The van der Waals surface area contributed by atoms with Crippen LogP contribution in [0.4, 0.5) is 22.7 Å². The van der Waals surface area contributed by atoms with Crippen LogP contribution in [0.2, 0.25) is 0 Å². The summed E-state index contributed by atoms with van der Waals surface area (Å²) in [6.45, 7) is 0. The molecule has 12 heteroatoms. The standard InChI is InChI=1S/C32H22N12/c33-17-9-1-5-13-21(17)29-37-25(13)41-30-22-14(6-2-10-18(22)34)27(38-30)43-32-24-16(8-4-12-20(24)36)28(40-32)44-31-23-15(26(39-31)42-29)7-3-11-19(23)35/h1-12H,33-36H2,(H2,37,38,39,40,41,42,43,44). The maximum Gasteiger partial charge on any atom is 0.166 e. The number of nitrogens with two attached hydrogens (primary N) is 4. The lowest BCUT2D eigenvalue weighted by Crippen LogP contribution is -1.91. The fraction of sp³-hybridized carbons (Fsp3) is 0. The molecule has 3 aromatic heterocycles. The van der Waals surface area contributed by atoms with Crippen LogP contribution in [0.5, 0.6) is 0 Å². The molecule has 12 nitrogen and oxygen atoms in total. The molecule has 210 valence electrons. The lowest BCUT2D eigenvalue weighted by molar-refractivity contribution is 1.19. The van der Waals surface area contributed by atoms with Gasteiger partial charge in [0.25, 0.3) is 0 Å². The number of nitrogen functional groups attached to an aromatic ring is 4. The highest BCUT2D eigenvalue weighted by Crippen LogP contribution is 2.41. The van der Waals surface area contributed by atoms with Gasteiger partial charge < -0.3 is 32.9 Å². The van der Waals surface area contributed by atoms with Crippen LogP contribution in [0.15, 0.2) is 72.8 Å². The maximum absolute atomic E-state index is 6.50. The van der Waals surface area contributed by atoms with E-state index in [-0.39, 0.29) is 0 Å². The van der Waals surface area contributed by atoms with Crippen LogP contribution in [0.1, 0.15) is 0 Å². The molecule has 0 fully saturated rings. The molecule has 9 rings (SSSR count). The molecule has 0 radical (unpaired) electrons. The topological polar surface area (TPSA) is 213 Å². The van der Waals surface area contributed by atoms with Gasteiger partial charge >= 0.3 is 0 Å². The summed E-state index contributed by atoms with van der Waals surface area (Å²) >= 11 is 0. The van der Waals surface area contributed by atoms with Crippen LogP contribution in [0, 0.1) is 0 Å². The summed E-state index contributed by atoms with van der Waals surface area (Å²) in [4.78, 5) is 36.3. The molecular formula is C32H22N12. The average molecular weight is 575 g/mol. The second-order valence-electron chi connectivity index (χ2n) is 10.7. The smallest absolute Gasteiger partial charge is 0.166 e. The van der Waals surface area contributed by atoms with Crippen LogP contribution in [-0.2, 0) is 0 Å². The second-order valence-corrected chi connectivity index (χ2v) is 10.7.